The molecule has 6 heteroatoms. The Morgan fingerprint density at radius 3 is 2.83 bits per heavy atom. The number of nitrogens with zero attached hydrogens (tertiary/aromatic N) is 2. The van der Waals surface area contributed by atoms with Gasteiger partial charge in [-0.3, -0.25) is 4.68 Å². The predicted octanol–water partition coefficient (Wildman–Crippen LogP) is 4.92. The molecule has 2 aliphatic rings. The molecular weight excluding hydrogens is 364 g/mol. The van der Waals surface area contributed by atoms with Crippen LogP contribution in [0.3, 0.4) is 0 Å². The van der Waals surface area contributed by atoms with E-state index < -0.39 is 0 Å². The third kappa shape index (κ3) is 3.33. The van der Waals surface area contributed by atoms with Gasteiger partial charge in [-0.25, -0.2) is 4.79 Å². The normalized spacial score (nSPS) is 20.1. The Bertz CT molecular complexity index is 1050. The van der Waals surface area contributed by atoms with E-state index in [1.807, 2.05) is 43.4 Å². The summed E-state index contributed by atoms with van der Waals surface area (Å²) in [7, 11) is 1.90. The molecule has 3 aromatic rings. The first-order chi connectivity index (χ1) is 14.1. The van der Waals surface area contributed by atoms with E-state index in [2.05, 4.69) is 21.8 Å². The Labute approximate surface area is 170 Å². The maximum atomic E-state index is 12.9. The van der Waals surface area contributed by atoms with Crippen molar-refractivity contribution < 1.29 is 9.53 Å². The van der Waals surface area contributed by atoms with Gasteiger partial charge in [-0.15, -0.1) is 0 Å². The number of rotatable bonds is 2. The second-order valence-electron chi connectivity index (χ2n) is 8.25. The lowest BCUT2D eigenvalue weighted by molar-refractivity contribution is -0.000994. The van der Waals surface area contributed by atoms with Crippen molar-refractivity contribution in [1.29, 1.82) is 0 Å². The lowest BCUT2D eigenvalue weighted by Crippen LogP contribution is -2.47. The molecular formula is C23H26N4O2. The highest BCUT2D eigenvalue weighted by atomic mass is 16.5. The van der Waals surface area contributed by atoms with E-state index in [4.69, 9.17) is 4.74 Å². The molecule has 6 nitrogen and oxygen atoms in total. The number of anilines is 1. The van der Waals surface area contributed by atoms with Crippen molar-refractivity contribution in [3.8, 4) is 5.75 Å². The van der Waals surface area contributed by atoms with Crippen molar-refractivity contribution in [1.82, 2.24) is 15.1 Å². The summed E-state index contributed by atoms with van der Waals surface area (Å²) >= 11 is 0. The van der Waals surface area contributed by atoms with Crippen molar-refractivity contribution in [2.24, 2.45) is 7.05 Å². The monoisotopic (exact) mass is 390 g/mol. The Morgan fingerprint density at radius 2 is 1.97 bits per heavy atom. The van der Waals surface area contributed by atoms with Crippen LogP contribution in [0, 0.1) is 0 Å². The summed E-state index contributed by atoms with van der Waals surface area (Å²) in [6.45, 7) is 0. The molecule has 1 spiro atoms. The van der Waals surface area contributed by atoms with Gasteiger partial charge in [-0.2, -0.15) is 5.10 Å². The highest BCUT2D eigenvalue weighted by Crippen LogP contribution is 2.46. The number of hydrogen-bond donors (Lipinski definition) is 2. The van der Waals surface area contributed by atoms with Crippen molar-refractivity contribution >= 4 is 22.6 Å². The van der Waals surface area contributed by atoms with Gasteiger partial charge in [-0.1, -0.05) is 30.7 Å². The summed E-state index contributed by atoms with van der Waals surface area (Å²) in [5.74, 6) is 0.903. The highest BCUT2D eigenvalue weighted by molar-refractivity contribution is 6.00. The summed E-state index contributed by atoms with van der Waals surface area (Å²) < 4.78 is 8.27. The topological polar surface area (TPSA) is 68.2 Å². The van der Waals surface area contributed by atoms with E-state index in [1.54, 1.807) is 10.9 Å². The molecule has 2 N–H and O–H groups in total. The second-order valence-corrected chi connectivity index (χ2v) is 8.25. The Kier molecular flexibility index (Phi) is 4.42. The Balaban J connectivity index is 1.39. The Morgan fingerprint density at radius 1 is 1.14 bits per heavy atom. The second kappa shape index (κ2) is 7.10. The quantitative estimate of drug-likeness (QED) is 0.652. The fourth-order valence-corrected chi connectivity index (χ4v) is 4.85. The summed E-state index contributed by atoms with van der Waals surface area (Å²) in [6, 6.07) is 13.6. The molecule has 1 aromatic heterocycles. The lowest BCUT2D eigenvalue weighted by Gasteiger charge is -2.44. The maximum Gasteiger partial charge on any atom is 0.319 e. The number of nitrogens with one attached hydrogen (secondary N) is 2. The first-order valence-corrected chi connectivity index (χ1v) is 10.4. The van der Waals surface area contributed by atoms with Crippen molar-refractivity contribution in [3.63, 3.8) is 0 Å². The number of aryl methyl sites for hydroxylation is 1. The average molecular weight is 390 g/mol. The molecule has 1 unspecified atom stereocenters. The fraction of sp³-hybridized carbons (Fsp3) is 0.391. The number of carbonyl (C=O) groups excluding carboxylic acids is 1. The molecule has 29 heavy (non-hydrogen) atoms. The lowest BCUT2D eigenvalue weighted by atomic mass is 9.77. The van der Waals surface area contributed by atoms with Gasteiger partial charge in [0.2, 0.25) is 0 Å². The molecule has 2 amide bonds. The smallest absolute Gasteiger partial charge is 0.319 e. The molecule has 150 valence electrons. The minimum atomic E-state index is -0.200. The zero-order valence-electron chi connectivity index (χ0n) is 16.6. The van der Waals surface area contributed by atoms with Crippen LogP contribution in [0.1, 0.15) is 50.1 Å². The molecule has 1 atom stereocenters. The van der Waals surface area contributed by atoms with Gasteiger partial charge in [0.1, 0.15) is 11.4 Å². The van der Waals surface area contributed by atoms with Crippen LogP contribution in [-0.4, -0.2) is 21.4 Å². The van der Waals surface area contributed by atoms with Crippen LogP contribution in [0.15, 0.2) is 48.7 Å². The van der Waals surface area contributed by atoms with Crippen LogP contribution in [0.25, 0.3) is 10.9 Å². The number of fused-ring (bicyclic) bond motifs is 2. The van der Waals surface area contributed by atoms with Crippen molar-refractivity contribution in [3.05, 3.63) is 54.2 Å². The molecule has 1 fully saturated rings. The zero-order valence-corrected chi connectivity index (χ0v) is 16.6. The number of aromatic nitrogens is 2. The van der Waals surface area contributed by atoms with Crippen molar-refractivity contribution in [2.75, 3.05) is 5.32 Å². The van der Waals surface area contributed by atoms with E-state index in [9.17, 15) is 4.79 Å². The zero-order chi connectivity index (χ0) is 19.8. The molecule has 5 rings (SSSR count). The number of urea groups is 1. The first kappa shape index (κ1) is 18.0. The summed E-state index contributed by atoms with van der Waals surface area (Å²) in [4.78, 5) is 12.9. The number of hydrogen-bond acceptors (Lipinski definition) is 3. The van der Waals surface area contributed by atoms with E-state index in [1.165, 1.54) is 19.3 Å². The summed E-state index contributed by atoms with van der Waals surface area (Å²) in [5, 5.41) is 11.5. The average Bonchev–Trinajstić information content (AvgIpc) is 3.10. The molecule has 1 saturated carbocycles. The minimum absolute atomic E-state index is 0.0637. The van der Waals surface area contributed by atoms with Crippen molar-refractivity contribution in [2.45, 2.75) is 50.2 Å². The van der Waals surface area contributed by atoms with E-state index >= 15 is 0 Å². The number of para-hydroxylation sites is 1. The molecule has 0 radical (unpaired) electrons. The van der Waals surface area contributed by atoms with Crippen LogP contribution in [0.5, 0.6) is 5.75 Å². The van der Waals surface area contributed by atoms with Crippen LogP contribution < -0.4 is 15.4 Å². The van der Waals surface area contributed by atoms with Crippen LogP contribution in [0.2, 0.25) is 0 Å². The number of ether oxygens (including phenoxy) is 1. The molecule has 1 aliphatic carbocycles. The van der Waals surface area contributed by atoms with Crippen LogP contribution in [0.4, 0.5) is 10.5 Å². The standard InChI is InChI=1S/C23H26N4O2/c1-27-20-10-7-9-18(17(20)15-24-27)25-22(28)26-19-14-23(12-5-2-6-13-23)29-21-11-4-3-8-16(19)21/h3-4,7-11,15,19H,2,5-6,12-14H2,1H3,(H2,25,26,28). The first-order valence-electron chi connectivity index (χ1n) is 10.4. The molecule has 0 saturated heterocycles. The molecule has 0 bridgehead atoms. The third-order valence-corrected chi connectivity index (χ3v) is 6.31. The predicted molar refractivity (Wildman–Crippen MR) is 113 cm³/mol. The SMILES string of the molecule is Cn1ncc2c(NC(=O)NC3CC4(CCCCC4)Oc4ccccc43)cccc21. The van der Waals surface area contributed by atoms with Gasteiger partial charge >= 0.3 is 6.03 Å². The summed E-state index contributed by atoms with van der Waals surface area (Å²) in [5.41, 5.74) is 2.65. The molecule has 2 heterocycles. The van der Waals surface area contributed by atoms with E-state index in [0.29, 0.717) is 0 Å². The summed E-state index contributed by atoms with van der Waals surface area (Å²) in [6.07, 6.45) is 8.33. The number of amides is 2. The minimum Gasteiger partial charge on any atom is -0.487 e. The van der Waals surface area contributed by atoms with Gasteiger partial charge < -0.3 is 15.4 Å². The molecule has 2 aromatic carbocycles. The van der Waals surface area contributed by atoms with Gasteiger partial charge in [-0.05, 0) is 43.9 Å². The highest BCUT2D eigenvalue weighted by Gasteiger charge is 2.42. The fourth-order valence-electron chi connectivity index (χ4n) is 4.85. The number of benzene rings is 2. The van der Waals surface area contributed by atoms with Gasteiger partial charge in [0, 0.05) is 24.4 Å². The Hall–Kier alpha value is -3.02. The molecule has 1 aliphatic heterocycles. The van der Waals surface area contributed by atoms with Gasteiger partial charge in [0.05, 0.1) is 23.4 Å². The van der Waals surface area contributed by atoms with Crippen LogP contribution >= 0.6 is 0 Å². The maximum absolute atomic E-state index is 12.9. The van der Waals surface area contributed by atoms with Crippen LogP contribution in [-0.2, 0) is 7.05 Å². The number of carbonyl (C=O) groups is 1. The largest absolute Gasteiger partial charge is 0.487 e. The van der Waals surface area contributed by atoms with E-state index in [-0.39, 0.29) is 17.7 Å². The third-order valence-electron chi connectivity index (χ3n) is 6.31. The van der Waals surface area contributed by atoms with E-state index in [0.717, 1.165) is 47.2 Å². The van der Waals surface area contributed by atoms with Gasteiger partial charge in [0.15, 0.2) is 0 Å². The van der Waals surface area contributed by atoms with Gasteiger partial charge in [0.25, 0.3) is 0 Å².